The zero-order chi connectivity index (χ0) is 16.5. The number of hydrogen-bond acceptors (Lipinski definition) is 1. The maximum Gasteiger partial charge on any atom is 0.253 e. The lowest BCUT2D eigenvalue weighted by molar-refractivity contribution is 0.0787. The van der Waals surface area contributed by atoms with Crippen LogP contribution < -0.4 is 0 Å². The number of nitrogens with one attached hydrogen (secondary N) is 1. The number of hydrogen-bond donors (Lipinski definition) is 1. The maximum absolute atomic E-state index is 13.0. The van der Waals surface area contributed by atoms with Gasteiger partial charge in [-0.2, -0.15) is 0 Å². The minimum absolute atomic E-state index is 0.0908. The molecule has 1 aliphatic heterocycles. The molecule has 0 saturated carbocycles. The summed E-state index contributed by atoms with van der Waals surface area (Å²) in [6.45, 7) is 1.55. The highest BCUT2D eigenvalue weighted by molar-refractivity contribution is 5.98. The Labute approximate surface area is 140 Å². The van der Waals surface area contributed by atoms with Crippen LogP contribution in [-0.2, 0) is 6.42 Å². The molecule has 122 valence electrons. The summed E-state index contributed by atoms with van der Waals surface area (Å²) in [6.07, 6.45) is 3.76. The van der Waals surface area contributed by atoms with Crippen LogP contribution in [0.2, 0.25) is 0 Å². The van der Waals surface area contributed by atoms with Crippen molar-refractivity contribution in [1.29, 1.82) is 0 Å². The van der Waals surface area contributed by atoms with E-state index in [1.807, 2.05) is 47.5 Å². The number of H-pyrrole nitrogens is 1. The second-order valence-electron chi connectivity index (χ2n) is 6.52. The predicted octanol–water partition coefficient (Wildman–Crippen LogP) is 4.01. The molecule has 0 aliphatic carbocycles. The molecule has 0 radical (unpaired) electrons. The molecule has 2 heterocycles. The van der Waals surface area contributed by atoms with Gasteiger partial charge in [0.15, 0.2) is 0 Å². The van der Waals surface area contributed by atoms with Gasteiger partial charge in [-0.1, -0.05) is 18.2 Å². The second kappa shape index (κ2) is 6.11. The Kier molecular flexibility index (Phi) is 3.81. The number of carbonyl (C=O) groups excluding carboxylic acids is 1. The van der Waals surface area contributed by atoms with Crippen molar-refractivity contribution < 1.29 is 9.18 Å². The van der Waals surface area contributed by atoms with Crippen LogP contribution in [0.5, 0.6) is 0 Å². The number of likely N-dealkylation sites (tertiary alicyclic amines) is 1. The predicted molar refractivity (Wildman–Crippen MR) is 92.4 cm³/mol. The first-order valence-electron chi connectivity index (χ1n) is 8.30. The van der Waals surface area contributed by atoms with Crippen molar-refractivity contribution in [2.45, 2.75) is 12.8 Å². The van der Waals surface area contributed by atoms with E-state index in [4.69, 9.17) is 0 Å². The molecular formula is C20H19FN2O. The van der Waals surface area contributed by atoms with Gasteiger partial charge in [0.25, 0.3) is 5.91 Å². The van der Waals surface area contributed by atoms with Crippen LogP contribution in [0.15, 0.2) is 54.7 Å². The molecule has 1 aromatic heterocycles. The quantitative estimate of drug-likeness (QED) is 0.777. The van der Waals surface area contributed by atoms with Gasteiger partial charge < -0.3 is 9.88 Å². The molecular weight excluding hydrogens is 303 g/mol. The number of aromatic amines is 1. The number of aromatic nitrogens is 1. The lowest BCUT2D eigenvalue weighted by Crippen LogP contribution is -2.28. The molecule has 3 aromatic rings. The largest absolute Gasteiger partial charge is 0.361 e. The third-order valence-electron chi connectivity index (χ3n) is 4.81. The molecule has 1 atom stereocenters. The minimum Gasteiger partial charge on any atom is -0.361 e. The van der Waals surface area contributed by atoms with E-state index in [2.05, 4.69) is 4.98 Å². The van der Waals surface area contributed by atoms with E-state index in [9.17, 15) is 9.18 Å². The van der Waals surface area contributed by atoms with Gasteiger partial charge in [-0.05, 0) is 60.0 Å². The van der Waals surface area contributed by atoms with Crippen LogP contribution >= 0.6 is 0 Å². The van der Waals surface area contributed by atoms with Crippen molar-refractivity contribution in [2.24, 2.45) is 5.92 Å². The van der Waals surface area contributed by atoms with Crippen molar-refractivity contribution >= 4 is 16.8 Å². The van der Waals surface area contributed by atoms with E-state index in [0.29, 0.717) is 5.92 Å². The second-order valence-corrected chi connectivity index (χ2v) is 6.52. The van der Waals surface area contributed by atoms with Crippen molar-refractivity contribution in [2.75, 3.05) is 13.1 Å². The third kappa shape index (κ3) is 2.92. The molecule has 1 fully saturated rings. The van der Waals surface area contributed by atoms with Crippen LogP contribution in [0.1, 0.15) is 22.3 Å². The Hall–Kier alpha value is -2.62. The van der Waals surface area contributed by atoms with E-state index >= 15 is 0 Å². The van der Waals surface area contributed by atoms with Gasteiger partial charge >= 0.3 is 0 Å². The van der Waals surface area contributed by atoms with E-state index in [1.165, 1.54) is 12.1 Å². The minimum atomic E-state index is -0.207. The average molecular weight is 322 g/mol. The third-order valence-corrected chi connectivity index (χ3v) is 4.81. The molecule has 4 heteroatoms. The summed E-state index contributed by atoms with van der Waals surface area (Å²) in [5, 5.41) is 1.11. The first kappa shape index (κ1) is 14.9. The van der Waals surface area contributed by atoms with Gasteiger partial charge in [-0.15, -0.1) is 0 Å². The number of amides is 1. The van der Waals surface area contributed by atoms with Gasteiger partial charge in [0.2, 0.25) is 0 Å². The van der Waals surface area contributed by atoms with E-state index in [0.717, 1.165) is 48.0 Å². The van der Waals surface area contributed by atoms with Crippen LogP contribution in [0.4, 0.5) is 4.39 Å². The van der Waals surface area contributed by atoms with Crippen LogP contribution in [0.25, 0.3) is 10.9 Å². The highest BCUT2D eigenvalue weighted by Gasteiger charge is 2.27. The first-order valence-corrected chi connectivity index (χ1v) is 8.30. The fourth-order valence-electron chi connectivity index (χ4n) is 3.50. The normalized spacial score (nSPS) is 17.5. The van der Waals surface area contributed by atoms with E-state index in [-0.39, 0.29) is 11.7 Å². The highest BCUT2D eigenvalue weighted by atomic mass is 19.1. The summed E-state index contributed by atoms with van der Waals surface area (Å²) < 4.78 is 13.0. The Balaban J connectivity index is 1.43. The van der Waals surface area contributed by atoms with Crippen molar-refractivity contribution in [3.8, 4) is 0 Å². The Morgan fingerprint density at radius 3 is 2.83 bits per heavy atom. The fourth-order valence-corrected chi connectivity index (χ4v) is 3.50. The Morgan fingerprint density at radius 1 is 1.17 bits per heavy atom. The van der Waals surface area contributed by atoms with E-state index in [1.54, 1.807) is 0 Å². The highest BCUT2D eigenvalue weighted by Crippen LogP contribution is 2.24. The van der Waals surface area contributed by atoms with Gasteiger partial charge in [-0.25, -0.2) is 4.39 Å². The molecule has 24 heavy (non-hydrogen) atoms. The number of halogens is 1. The zero-order valence-electron chi connectivity index (χ0n) is 13.3. The van der Waals surface area contributed by atoms with Crippen molar-refractivity contribution in [3.63, 3.8) is 0 Å². The summed E-state index contributed by atoms with van der Waals surface area (Å²) >= 11 is 0. The standard InChI is InChI=1S/C20H19FN2O/c21-18-5-1-14(2-6-18)11-15-8-10-23(13-15)20(24)17-4-3-16-7-9-22-19(16)12-17/h1-7,9,12,15,22H,8,10-11,13H2. The molecule has 2 aromatic carbocycles. The Bertz CT molecular complexity index is 869. The van der Waals surface area contributed by atoms with Crippen LogP contribution in [-0.4, -0.2) is 28.9 Å². The molecule has 0 bridgehead atoms. The number of rotatable bonds is 3. The van der Waals surface area contributed by atoms with Crippen molar-refractivity contribution in [1.82, 2.24) is 9.88 Å². The molecule has 1 unspecified atom stereocenters. The summed E-state index contributed by atoms with van der Waals surface area (Å²) in [5.74, 6) is 0.323. The summed E-state index contributed by atoms with van der Waals surface area (Å²) in [7, 11) is 0. The van der Waals surface area contributed by atoms with Gasteiger partial charge in [0.05, 0.1) is 0 Å². The summed E-state index contributed by atoms with van der Waals surface area (Å²) in [5.41, 5.74) is 2.85. The van der Waals surface area contributed by atoms with Gasteiger partial charge in [0.1, 0.15) is 5.82 Å². The van der Waals surface area contributed by atoms with E-state index < -0.39 is 0 Å². The molecule has 1 aliphatic rings. The van der Waals surface area contributed by atoms with Crippen molar-refractivity contribution in [3.05, 3.63) is 71.7 Å². The maximum atomic E-state index is 13.0. The molecule has 3 nitrogen and oxygen atoms in total. The summed E-state index contributed by atoms with van der Waals surface area (Å²) in [4.78, 5) is 17.8. The van der Waals surface area contributed by atoms with Crippen LogP contribution in [0, 0.1) is 11.7 Å². The smallest absolute Gasteiger partial charge is 0.253 e. The Morgan fingerprint density at radius 2 is 2.00 bits per heavy atom. The van der Waals surface area contributed by atoms with Gasteiger partial charge in [-0.3, -0.25) is 4.79 Å². The molecule has 1 amide bonds. The lowest BCUT2D eigenvalue weighted by atomic mass is 9.99. The number of benzene rings is 2. The summed E-state index contributed by atoms with van der Waals surface area (Å²) in [6, 6.07) is 14.5. The average Bonchev–Trinajstić information content (AvgIpc) is 3.24. The topological polar surface area (TPSA) is 36.1 Å². The first-order chi connectivity index (χ1) is 11.7. The van der Waals surface area contributed by atoms with Gasteiger partial charge in [0, 0.05) is 30.4 Å². The zero-order valence-corrected chi connectivity index (χ0v) is 13.3. The number of carbonyl (C=O) groups is 1. The lowest BCUT2D eigenvalue weighted by Gasteiger charge is -2.17. The molecule has 1 saturated heterocycles. The SMILES string of the molecule is O=C(c1ccc2cc[nH]c2c1)N1CCC(Cc2ccc(F)cc2)C1. The monoisotopic (exact) mass is 322 g/mol. The van der Waals surface area contributed by atoms with Crippen LogP contribution in [0.3, 0.4) is 0 Å². The number of fused-ring (bicyclic) bond motifs is 1. The molecule has 0 spiro atoms. The number of nitrogens with zero attached hydrogens (tertiary/aromatic N) is 1. The fraction of sp³-hybridized carbons (Fsp3) is 0.250. The molecule has 4 rings (SSSR count). The molecule has 1 N–H and O–H groups in total.